The minimum Gasteiger partial charge on any atom is -0.493 e. The van der Waals surface area contributed by atoms with E-state index in [-0.39, 0.29) is 27.4 Å². The third-order valence-corrected chi connectivity index (χ3v) is 4.44. The molecule has 0 saturated carbocycles. The average molecular weight is 353 g/mol. The maximum atomic E-state index is 12.2. The maximum Gasteiger partial charge on any atom is 0.360 e. The normalized spacial score (nSPS) is 25.2. The van der Waals surface area contributed by atoms with Crippen LogP contribution in [0.2, 0.25) is 0 Å². The van der Waals surface area contributed by atoms with Crippen molar-refractivity contribution in [2.45, 2.75) is 13.0 Å². The fourth-order valence-electron chi connectivity index (χ4n) is 2.90. The first kappa shape index (κ1) is 16.1. The number of likely N-dealkylation sites (N-methyl/N-ethyl adjacent to an activating group) is 1. The van der Waals surface area contributed by atoms with E-state index in [1.807, 2.05) is 19.2 Å². The summed E-state index contributed by atoms with van der Waals surface area (Å²) in [6.45, 7) is 2.02. The van der Waals surface area contributed by atoms with Gasteiger partial charge in [0.25, 0.3) is 0 Å². The number of nitrogens with zero attached hydrogens (tertiary/aromatic N) is 1. The number of thiol groups is 1. The fourth-order valence-corrected chi connectivity index (χ4v) is 3.54. The van der Waals surface area contributed by atoms with Crippen LogP contribution in [0, 0.1) is 0 Å². The highest BCUT2D eigenvalue weighted by Crippen LogP contribution is 2.50. The van der Waals surface area contributed by atoms with Crippen molar-refractivity contribution >= 4 is 36.1 Å². The number of para-hydroxylation sites is 1. The third-order valence-electron chi connectivity index (χ3n) is 3.80. The minimum absolute atomic E-state index is 0.0349. The Bertz CT molecular complexity index is 730. The van der Waals surface area contributed by atoms with Crippen molar-refractivity contribution < 1.29 is 23.0 Å². The van der Waals surface area contributed by atoms with Gasteiger partial charge in [-0.05, 0) is 31.3 Å². The van der Waals surface area contributed by atoms with Gasteiger partial charge in [-0.1, -0.05) is 6.07 Å². The van der Waals surface area contributed by atoms with Crippen LogP contribution in [0.5, 0.6) is 11.5 Å². The largest absolute Gasteiger partial charge is 0.493 e. The molecule has 6 nitrogen and oxygen atoms in total. The van der Waals surface area contributed by atoms with Gasteiger partial charge in [-0.15, -0.1) is 0 Å². The Morgan fingerprint density at radius 2 is 2.26 bits per heavy atom. The molecule has 2 unspecified atom stereocenters. The summed E-state index contributed by atoms with van der Waals surface area (Å²) in [6, 6.07) is 5.27. The molecule has 0 radical (unpaired) electrons. The molecule has 0 fully saturated rings. The summed E-state index contributed by atoms with van der Waals surface area (Å²) in [5.41, 5.74) is 4.77. The first-order valence-corrected chi connectivity index (χ1v) is 7.89. The van der Waals surface area contributed by atoms with Crippen molar-refractivity contribution in [3.05, 3.63) is 35.0 Å². The summed E-state index contributed by atoms with van der Waals surface area (Å²) in [5.74, 6) is 0.668. The first-order valence-electron chi connectivity index (χ1n) is 7.08. The molecule has 0 saturated heterocycles. The van der Waals surface area contributed by atoms with Gasteiger partial charge in [0.2, 0.25) is 5.05 Å². The van der Waals surface area contributed by atoms with Crippen LogP contribution in [0.25, 0.3) is 0 Å². The molecule has 1 aromatic carbocycles. The van der Waals surface area contributed by atoms with E-state index in [1.165, 1.54) is 0 Å². The van der Waals surface area contributed by atoms with Crippen molar-refractivity contribution in [3.63, 3.8) is 0 Å². The lowest BCUT2D eigenvalue weighted by atomic mass is 9.95. The number of carbonyl (C=O) groups is 1. The molecule has 0 bridgehead atoms. The summed E-state index contributed by atoms with van der Waals surface area (Å²) in [6.07, 6.45) is 0. The number of methoxy groups -OCH3 is 1. The number of quaternary nitrogens is 1. The predicted octanol–water partition coefficient (Wildman–Crippen LogP) is 2.08. The molecular weight excluding hydrogens is 336 g/mol. The molecule has 2 atom stereocenters. The highest BCUT2D eigenvalue weighted by molar-refractivity contribution is 7.80. The molecule has 3 rings (SSSR count). The number of ether oxygens (including phenoxy) is 3. The Morgan fingerprint density at radius 1 is 1.52 bits per heavy atom. The number of rotatable bonds is 3. The number of benzene rings is 1. The van der Waals surface area contributed by atoms with Crippen LogP contribution in [-0.2, 0) is 9.53 Å². The third kappa shape index (κ3) is 2.46. The van der Waals surface area contributed by atoms with Crippen molar-refractivity contribution in [1.82, 2.24) is 5.43 Å². The van der Waals surface area contributed by atoms with Gasteiger partial charge in [0, 0.05) is 0 Å². The lowest BCUT2D eigenvalue weighted by Crippen LogP contribution is -2.45. The Hall–Kier alpha value is -1.77. The Labute approximate surface area is 145 Å². The van der Waals surface area contributed by atoms with Crippen LogP contribution in [-0.4, -0.2) is 35.8 Å². The van der Waals surface area contributed by atoms with Crippen molar-refractivity contribution in [2.75, 3.05) is 20.8 Å². The van der Waals surface area contributed by atoms with E-state index in [0.717, 1.165) is 5.56 Å². The molecule has 0 spiro atoms. The number of carbonyl (C=O) groups excluding carboxylic acids is 1. The van der Waals surface area contributed by atoms with Crippen molar-refractivity contribution in [2.24, 2.45) is 0 Å². The zero-order valence-corrected chi connectivity index (χ0v) is 14.7. The van der Waals surface area contributed by atoms with E-state index < -0.39 is 5.97 Å². The smallest absolute Gasteiger partial charge is 0.360 e. The van der Waals surface area contributed by atoms with Crippen LogP contribution in [0.4, 0.5) is 0 Å². The van der Waals surface area contributed by atoms with E-state index in [4.69, 9.17) is 26.4 Å². The molecule has 23 heavy (non-hydrogen) atoms. The maximum absolute atomic E-state index is 12.2. The monoisotopic (exact) mass is 353 g/mol. The molecule has 2 aliphatic heterocycles. The second kappa shape index (κ2) is 5.70. The Morgan fingerprint density at radius 3 is 2.91 bits per heavy atom. The van der Waals surface area contributed by atoms with E-state index in [0.29, 0.717) is 17.1 Å². The molecule has 122 valence electrons. The number of fused-ring (bicyclic) bond motifs is 3. The molecule has 0 aliphatic carbocycles. The van der Waals surface area contributed by atoms with Crippen LogP contribution >= 0.6 is 25.0 Å². The Kier molecular flexibility index (Phi) is 3.99. The minimum atomic E-state index is -0.472. The molecule has 2 heterocycles. The summed E-state index contributed by atoms with van der Waals surface area (Å²) < 4.78 is 16.3. The SMILES string of the molecule is CCOC(=O)C1=C2C(=S)Oc3c(OC)cccc3C2[N+](C)(S)N1. The summed E-state index contributed by atoms with van der Waals surface area (Å²) in [7, 11) is 3.40. The lowest BCUT2D eigenvalue weighted by molar-refractivity contribution is -0.832. The molecular formula is C15H17N2O4S2+. The molecule has 0 aromatic heterocycles. The van der Waals surface area contributed by atoms with Gasteiger partial charge in [0.15, 0.2) is 23.2 Å². The molecule has 1 N–H and O–H groups in total. The van der Waals surface area contributed by atoms with E-state index in [2.05, 4.69) is 18.2 Å². The summed E-state index contributed by atoms with van der Waals surface area (Å²) in [4.78, 5) is 12.2. The van der Waals surface area contributed by atoms with Gasteiger partial charge in [0.05, 0.1) is 32.1 Å². The van der Waals surface area contributed by atoms with Crippen LogP contribution < -0.4 is 14.9 Å². The van der Waals surface area contributed by atoms with Gasteiger partial charge in [0.1, 0.15) is 12.6 Å². The Balaban J connectivity index is 2.19. The standard InChI is InChI=1S/C15H16N2O4S2/c1-4-20-14(18)11-10-12(17(2,23)16-11)8-6-5-7-9(19-3)13(8)21-15(10)22/h5-7,12,23H,4H2,1-3H3/p+1. The van der Waals surface area contributed by atoms with Crippen LogP contribution in [0.3, 0.4) is 0 Å². The summed E-state index contributed by atoms with van der Waals surface area (Å²) in [5, 5.41) is 0.221. The highest BCUT2D eigenvalue weighted by atomic mass is 32.1. The topological polar surface area (TPSA) is 56.8 Å². The molecule has 8 heteroatoms. The summed E-state index contributed by atoms with van der Waals surface area (Å²) >= 11 is 10.0. The number of hydrogen-bond donors (Lipinski definition) is 2. The highest BCUT2D eigenvalue weighted by Gasteiger charge is 2.53. The van der Waals surface area contributed by atoms with Gasteiger partial charge in [-0.25, -0.2) is 10.2 Å². The van der Waals surface area contributed by atoms with Crippen LogP contribution in [0.1, 0.15) is 18.5 Å². The molecule has 0 amide bonds. The number of hydrogen-bond acceptors (Lipinski definition) is 7. The van der Waals surface area contributed by atoms with E-state index in [1.54, 1.807) is 20.1 Å². The second-order valence-corrected chi connectivity index (χ2v) is 6.52. The van der Waals surface area contributed by atoms with Gasteiger partial charge >= 0.3 is 5.97 Å². The van der Waals surface area contributed by atoms with Gasteiger partial charge in [-0.3, -0.25) is 0 Å². The fraction of sp³-hybridized carbons (Fsp3) is 0.333. The predicted molar refractivity (Wildman–Crippen MR) is 90.9 cm³/mol. The lowest BCUT2D eigenvalue weighted by Gasteiger charge is -2.33. The average Bonchev–Trinajstić information content (AvgIpc) is 2.80. The first-order chi connectivity index (χ1) is 10.9. The zero-order valence-electron chi connectivity index (χ0n) is 13.0. The van der Waals surface area contributed by atoms with Crippen molar-refractivity contribution in [1.29, 1.82) is 0 Å². The molecule has 2 aliphatic rings. The van der Waals surface area contributed by atoms with Crippen LogP contribution in [0.15, 0.2) is 29.5 Å². The number of esters is 1. The van der Waals surface area contributed by atoms with E-state index >= 15 is 0 Å². The van der Waals surface area contributed by atoms with E-state index in [9.17, 15) is 4.79 Å². The van der Waals surface area contributed by atoms with Gasteiger partial charge in [-0.2, -0.15) is 4.00 Å². The van der Waals surface area contributed by atoms with Crippen molar-refractivity contribution in [3.8, 4) is 11.5 Å². The quantitative estimate of drug-likeness (QED) is 0.376. The van der Waals surface area contributed by atoms with Gasteiger partial charge < -0.3 is 14.2 Å². The molecule has 1 aromatic rings. The number of nitrogens with one attached hydrogen (secondary N) is 1. The zero-order chi connectivity index (χ0) is 16.8. The number of thiocarbonyl (C=S) groups is 1. The second-order valence-electron chi connectivity index (χ2n) is 5.32.